The quantitative estimate of drug-likeness (QED) is 0.222. The molecule has 5 atom stereocenters. The summed E-state index contributed by atoms with van der Waals surface area (Å²) in [5, 5.41) is 23.6. The lowest BCUT2D eigenvalue weighted by atomic mass is 10.1. The van der Waals surface area contributed by atoms with E-state index in [1.165, 1.54) is 36.1 Å². The van der Waals surface area contributed by atoms with Gasteiger partial charge in [-0.25, -0.2) is 19.7 Å². The Hall–Kier alpha value is -2.52. The van der Waals surface area contributed by atoms with Gasteiger partial charge in [0, 0.05) is 12.9 Å². The molecule has 2 aromatic rings. The number of carbonyl (C=O) groups excluding carboxylic acids is 2. The number of fused-ring (bicyclic) bond motifs is 1. The van der Waals surface area contributed by atoms with Gasteiger partial charge in [0.15, 0.2) is 17.7 Å². The molecule has 1 amide bonds. The monoisotopic (exact) mass is 484 g/mol. The molecule has 0 bridgehead atoms. The standard InChI is InChI=1S/C19H28N6O7S/c1-3-31-19(29)10(24-12(26)6-30-2)4-5-33-7-11-14(27)15(28)18(32-11)25-9-23-13-16(20)21-8-22-17(13)25/h8-11,14-15,18,27-28H,3-7H2,1-2H3,(H,24,26)(H2,20,21,22)/t10-,11+,14+,15+,18+/m0/s1. The van der Waals surface area contributed by atoms with Gasteiger partial charge in [-0.2, -0.15) is 11.8 Å². The summed E-state index contributed by atoms with van der Waals surface area (Å²) in [6, 6.07) is -0.810. The zero-order valence-electron chi connectivity index (χ0n) is 18.3. The van der Waals surface area contributed by atoms with E-state index in [9.17, 15) is 19.8 Å². The molecule has 1 aliphatic heterocycles. The number of nitrogen functional groups attached to an aromatic ring is 1. The number of hydrogen-bond acceptors (Lipinski definition) is 12. The van der Waals surface area contributed by atoms with Crippen LogP contribution in [0.15, 0.2) is 12.7 Å². The Balaban J connectivity index is 1.56. The SMILES string of the molecule is CCOC(=O)[C@H](CCSC[C@H]1O[C@@H](n2cnc3c(N)ncnc32)[C@H](O)[C@@H]1O)NC(=O)COC. The predicted molar refractivity (Wildman–Crippen MR) is 118 cm³/mol. The third-order valence-electron chi connectivity index (χ3n) is 5.01. The van der Waals surface area contributed by atoms with E-state index in [2.05, 4.69) is 20.3 Å². The summed E-state index contributed by atoms with van der Waals surface area (Å²) in [6.45, 7) is 1.72. The Bertz CT molecular complexity index is 960. The van der Waals surface area contributed by atoms with E-state index in [1.807, 2.05) is 0 Å². The number of aliphatic hydroxyl groups is 2. The van der Waals surface area contributed by atoms with E-state index in [1.54, 1.807) is 6.92 Å². The number of anilines is 1. The van der Waals surface area contributed by atoms with Crippen LogP contribution >= 0.6 is 11.8 Å². The van der Waals surface area contributed by atoms with Gasteiger partial charge < -0.3 is 35.5 Å². The second-order valence-corrected chi connectivity index (χ2v) is 8.45. The smallest absolute Gasteiger partial charge is 0.328 e. The Morgan fingerprint density at radius 3 is 2.85 bits per heavy atom. The minimum Gasteiger partial charge on any atom is -0.464 e. The number of rotatable bonds is 11. The van der Waals surface area contributed by atoms with E-state index >= 15 is 0 Å². The predicted octanol–water partition coefficient (Wildman–Crippen LogP) is -1.15. The van der Waals surface area contributed by atoms with Crippen LogP contribution in [-0.2, 0) is 23.8 Å². The molecule has 14 heteroatoms. The molecule has 0 radical (unpaired) electrons. The molecule has 1 fully saturated rings. The number of amides is 1. The molecule has 5 N–H and O–H groups in total. The first kappa shape index (κ1) is 25.1. The maximum atomic E-state index is 12.1. The summed E-state index contributed by atoms with van der Waals surface area (Å²) in [6.07, 6.45) is -0.881. The third-order valence-corrected chi connectivity index (χ3v) is 6.10. The first-order valence-corrected chi connectivity index (χ1v) is 11.5. The molecule has 0 aromatic carbocycles. The normalized spacial score (nSPS) is 23.5. The van der Waals surface area contributed by atoms with E-state index in [0.717, 1.165) is 0 Å². The second-order valence-electron chi connectivity index (χ2n) is 7.30. The molecule has 0 spiro atoms. The maximum Gasteiger partial charge on any atom is 0.328 e. The van der Waals surface area contributed by atoms with E-state index < -0.39 is 42.5 Å². The molecule has 3 rings (SSSR count). The summed E-state index contributed by atoms with van der Waals surface area (Å²) in [7, 11) is 1.39. The van der Waals surface area contributed by atoms with Gasteiger partial charge in [-0.1, -0.05) is 0 Å². The molecular formula is C19H28N6O7S. The Kier molecular flexibility index (Phi) is 8.80. The lowest BCUT2D eigenvalue weighted by Gasteiger charge is -2.18. The van der Waals surface area contributed by atoms with E-state index in [4.69, 9.17) is 19.9 Å². The highest BCUT2D eigenvalue weighted by Crippen LogP contribution is 2.33. The number of nitrogens with zero attached hydrogens (tertiary/aromatic N) is 4. The number of thioether (sulfide) groups is 1. The molecule has 182 valence electrons. The lowest BCUT2D eigenvalue weighted by molar-refractivity contribution is -0.147. The van der Waals surface area contributed by atoms with Crippen molar-refractivity contribution in [3.63, 3.8) is 0 Å². The molecule has 0 aliphatic carbocycles. The number of nitrogens with one attached hydrogen (secondary N) is 1. The van der Waals surface area contributed by atoms with Gasteiger partial charge in [0.25, 0.3) is 0 Å². The van der Waals surface area contributed by atoms with E-state index in [0.29, 0.717) is 29.1 Å². The number of nitrogens with two attached hydrogens (primary N) is 1. The van der Waals surface area contributed by atoms with Crippen LogP contribution in [-0.4, -0.2) is 97.8 Å². The molecule has 1 aliphatic rings. The minimum atomic E-state index is -1.20. The van der Waals surface area contributed by atoms with Crippen molar-refractivity contribution >= 4 is 40.6 Å². The van der Waals surface area contributed by atoms with Gasteiger partial charge in [0.1, 0.15) is 36.7 Å². The first-order valence-electron chi connectivity index (χ1n) is 10.3. The second kappa shape index (κ2) is 11.6. The summed E-state index contributed by atoms with van der Waals surface area (Å²) in [4.78, 5) is 36.1. The molecule has 33 heavy (non-hydrogen) atoms. The van der Waals surface area contributed by atoms with Crippen LogP contribution in [0.2, 0.25) is 0 Å². The highest BCUT2D eigenvalue weighted by Gasteiger charge is 2.44. The maximum absolute atomic E-state index is 12.1. The van der Waals surface area contributed by atoms with Gasteiger partial charge in [-0.3, -0.25) is 9.36 Å². The number of aromatic nitrogens is 4. The van der Waals surface area contributed by atoms with Gasteiger partial charge in [0.05, 0.1) is 19.0 Å². The van der Waals surface area contributed by atoms with Crippen molar-refractivity contribution in [1.82, 2.24) is 24.8 Å². The van der Waals surface area contributed by atoms with Gasteiger partial charge in [-0.15, -0.1) is 0 Å². The number of methoxy groups -OCH3 is 1. The highest BCUT2D eigenvalue weighted by atomic mass is 32.2. The van der Waals surface area contributed by atoms with Crippen LogP contribution in [0, 0.1) is 0 Å². The average Bonchev–Trinajstić information content (AvgIpc) is 3.33. The molecule has 2 aromatic heterocycles. The van der Waals surface area contributed by atoms with Crippen molar-refractivity contribution in [1.29, 1.82) is 0 Å². The van der Waals surface area contributed by atoms with Gasteiger partial charge in [-0.05, 0) is 19.1 Å². The zero-order chi connectivity index (χ0) is 24.0. The van der Waals surface area contributed by atoms with Crippen LogP contribution in [0.3, 0.4) is 0 Å². The fraction of sp³-hybridized carbons (Fsp3) is 0.632. The van der Waals surface area contributed by atoms with Crippen molar-refractivity contribution in [2.45, 2.75) is 43.9 Å². The number of hydrogen-bond donors (Lipinski definition) is 4. The van der Waals surface area contributed by atoms with Crippen molar-refractivity contribution < 1.29 is 34.0 Å². The molecule has 1 saturated heterocycles. The fourth-order valence-corrected chi connectivity index (χ4v) is 4.49. The summed E-state index contributed by atoms with van der Waals surface area (Å²) >= 11 is 1.41. The Morgan fingerprint density at radius 2 is 2.12 bits per heavy atom. The zero-order valence-corrected chi connectivity index (χ0v) is 19.1. The summed E-state index contributed by atoms with van der Waals surface area (Å²) < 4.78 is 17.2. The summed E-state index contributed by atoms with van der Waals surface area (Å²) in [5.41, 5.74) is 6.56. The molecular weight excluding hydrogens is 456 g/mol. The first-order chi connectivity index (χ1) is 15.9. The fourth-order valence-electron chi connectivity index (χ4n) is 3.41. The molecule has 0 unspecified atom stereocenters. The highest BCUT2D eigenvalue weighted by molar-refractivity contribution is 7.99. The average molecular weight is 485 g/mol. The number of imidazole rings is 1. The van der Waals surface area contributed by atoms with Crippen LogP contribution in [0.1, 0.15) is 19.6 Å². The third kappa shape index (κ3) is 5.89. The van der Waals surface area contributed by atoms with E-state index in [-0.39, 0.29) is 19.0 Å². The Morgan fingerprint density at radius 1 is 1.33 bits per heavy atom. The van der Waals surface area contributed by atoms with Crippen LogP contribution in [0.25, 0.3) is 11.2 Å². The van der Waals surface area contributed by atoms with Crippen LogP contribution in [0.4, 0.5) is 5.82 Å². The summed E-state index contributed by atoms with van der Waals surface area (Å²) in [5.74, 6) is 0.0798. The molecule has 3 heterocycles. The number of aliphatic hydroxyl groups excluding tert-OH is 2. The van der Waals surface area contributed by atoms with Gasteiger partial charge in [0.2, 0.25) is 5.91 Å². The van der Waals surface area contributed by atoms with Crippen molar-refractivity contribution in [2.24, 2.45) is 0 Å². The van der Waals surface area contributed by atoms with Gasteiger partial charge >= 0.3 is 5.97 Å². The Labute approximate surface area is 194 Å². The van der Waals surface area contributed by atoms with Crippen molar-refractivity contribution in [3.8, 4) is 0 Å². The largest absolute Gasteiger partial charge is 0.464 e. The lowest BCUT2D eigenvalue weighted by Crippen LogP contribution is -2.43. The number of ether oxygens (including phenoxy) is 3. The van der Waals surface area contributed by atoms with Crippen molar-refractivity contribution in [3.05, 3.63) is 12.7 Å². The number of esters is 1. The topological polar surface area (TPSA) is 184 Å². The molecule has 0 saturated carbocycles. The van der Waals surface area contributed by atoms with Crippen molar-refractivity contribution in [2.75, 3.05) is 37.6 Å². The minimum absolute atomic E-state index is 0.163. The van der Waals surface area contributed by atoms with Crippen LogP contribution < -0.4 is 11.1 Å². The number of carbonyl (C=O) groups is 2. The van der Waals surface area contributed by atoms with Crippen LogP contribution in [0.5, 0.6) is 0 Å². The molecule has 13 nitrogen and oxygen atoms in total.